The van der Waals surface area contributed by atoms with Crippen molar-refractivity contribution in [2.45, 2.75) is 38.0 Å². The minimum absolute atomic E-state index is 0.0774. The van der Waals surface area contributed by atoms with Crippen molar-refractivity contribution >= 4 is 11.6 Å². The van der Waals surface area contributed by atoms with Crippen LogP contribution in [0.5, 0.6) is 0 Å². The molecule has 0 radical (unpaired) electrons. The molecule has 0 fully saturated rings. The number of halogens is 1. The van der Waals surface area contributed by atoms with Crippen molar-refractivity contribution in [3.8, 4) is 0 Å². The number of benzene rings is 2. The van der Waals surface area contributed by atoms with Crippen LogP contribution >= 0.6 is 11.6 Å². The van der Waals surface area contributed by atoms with E-state index in [1.165, 1.54) is 47.1 Å². The van der Waals surface area contributed by atoms with E-state index < -0.39 is 0 Å². The van der Waals surface area contributed by atoms with Crippen molar-refractivity contribution in [1.29, 1.82) is 0 Å². The van der Waals surface area contributed by atoms with Gasteiger partial charge in [0.25, 0.3) is 0 Å². The minimum atomic E-state index is 0.0774. The third kappa shape index (κ3) is 2.84. The topological polar surface area (TPSA) is 0 Å². The second-order valence-electron chi connectivity index (χ2n) is 5.54. The number of aryl methyl sites for hydroxylation is 3. The molecule has 0 N–H and O–H groups in total. The normalized spacial score (nSPS) is 15.3. The summed E-state index contributed by atoms with van der Waals surface area (Å²) in [6.45, 7) is 2.11. The molecular weight excluding hydrogens is 252 g/mol. The van der Waals surface area contributed by atoms with Crippen molar-refractivity contribution in [1.82, 2.24) is 0 Å². The quantitative estimate of drug-likeness (QED) is 0.688. The van der Waals surface area contributed by atoms with Gasteiger partial charge in [-0.25, -0.2) is 0 Å². The minimum Gasteiger partial charge on any atom is -0.117 e. The van der Waals surface area contributed by atoms with Crippen LogP contribution < -0.4 is 0 Å². The Morgan fingerprint density at radius 2 is 1.74 bits per heavy atom. The maximum atomic E-state index is 6.58. The van der Waals surface area contributed by atoms with Gasteiger partial charge in [-0.1, -0.05) is 48.0 Å². The molecule has 1 unspecified atom stereocenters. The summed E-state index contributed by atoms with van der Waals surface area (Å²) in [6, 6.07) is 15.5. The van der Waals surface area contributed by atoms with Crippen molar-refractivity contribution in [2.75, 3.05) is 0 Å². The van der Waals surface area contributed by atoms with Crippen molar-refractivity contribution < 1.29 is 0 Å². The van der Waals surface area contributed by atoms with E-state index in [2.05, 4.69) is 49.4 Å². The first-order valence-electron chi connectivity index (χ1n) is 7.04. The Balaban J connectivity index is 1.76. The number of fused-ring (bicyclic) bond motifs is 1. The van der Waals surface area contributed by atoms with E-state index in [1.54, 1.807) is 0 Å². The molecule has 2 aromatic rings. The van der Waals surface area contributed by atoms with Gasteiger partial charge in [-0.2, -0.15) is 0 Å². The smallest absolute Gasteiger partial charge is 0.0625 e. The summed E-state index contributed by atoms with van der Waals surface area (Å²) < 4.78 is 0. The molecule has 0 spiro atoms. The molecule has 0 bridgehead atoms. The van der Waals surface area contributed by atoms with Crippen LogP contribution in [0.2, 0.25) is 0 Å². The maximum Gasteiger partial charge on any atom is 0.0625 e. The molecule has 19 heavy (non-hydrogen) atoms. The van der Waals surface area contributed by atoms with Gasteiger partial charge in [0.15, 0.2) is 0 Å². The summed E-state index contributed by atoms with van der Waals surface area (Å²) in [4.78, 5) is 0. The van der Waals surface area contributed by atoms with Crippen LogP contribution in [0.3, 0.4) is 0 Å². The van der Waals surface area contributed by atoms with E-state index in [1.807, 2.05) is 0 Å². The summed E-state index contributed by atoms with van der Waals surface area (Å²) in [5.74, 6) is 0. The standard InChI is InChI=1S/C18H19Cl/c1-13-5-7-14(8-6-13)11-18(19)17-10-9-15-3-2-4-16(15)12-17/h5-10,12,18H,2-4,11H2,1H3. The second-order valence-corrected chi connectivity index (χ2v) is 6.07. The van der Waals surface area contributed by atoms with Gasteiger partial charge in [0.2, 0.25) is 0 Å². The van der Waals surface area contributed by atoms with Crippen molar-refractivity contribution in [2.24, 2.45) is 0 Å². The van der Waals surface area contributed by atoms with Crippen LogP contribution in [-0.4, -0.2) is 0 Å². The van der Waals surface area contributed by atoms with Crippen LogP contribution in [0.4, 0.5) is 0 Å². The zero-order valence-corrected chi connectivity index (χ0v) is 12.1. The molecule has 1 heteroatoms. The lowest BCUT2D eigenvalue weighted by atomic mass is 9.99. The van der Waals surface area contributed by atoms with Crippen molar-refractivity contribution in [3.63, 3.8) is 0 Å². The molecule has 2 aromatic carbocycles. The van der Waals surface area contributed by atoms with E-state index in [-0.39, 0.29) is 5.38 Å². The summed E-state index contributed by atoms with van der Waals surface area (Å²) in [5.41, 5.74) is 6.90. The molecule has 98 valence electrons. The number of rotatable bonds is 3. The average Bonchev–Trinajstić information content (AvgIpc) is 2.88. The monoisotopic (exact) mass is 270 g/mol. The Morgan fingerprint density at radius 3 is 2.53 bits per heavy atom. The van der Waals surface area contributed by atoms with Gasteiger partial charge in [0.1, 0.15) is 0 Å². The molecule has 1 aliphatic carbocycles. The highest BCUT2D eigenvalue weighted by Crippen LogP contribution is 2.30. The lowest BCUT2D eigenvalue weighted by Gasteiger charge is -2.12. The van der Waals surface area contributed by atoms with Gasteiger partial charge in [-0.3, -0.25) is 0 Å². The molecule has 0 aromatic heterocycles. The number of hydrogen-bond donors (Lipinski definition) is 0. The fourth-order valence-electron chi connectivity index (χ4n) is 2.84. The molecule has 1 atom stereocenters. The summed E-state index contributed by atoms with van der Waals surface area (Å²) in [6.07, 6.45) is 4.65. The van der Waals surface area contributed by atoms with Gasteiger partial charge in [-0.15, -0.1) is 11.6 Å². The fourth-order valence-corrected chi connectivity index (χ4v) is 3.15. The fraction of sp³-hybridized carbons (Fsp3) is 0.333. The number of hydrogen-bond acceptors (Lipinski definition) is 0. The predicted molar refractivity (Wildman–Crippen MR) is 81.9 cm³/mol. The Morgan fingerprint density at radius 1 is 1.00 bits per heavy atom. The SMILES string of the molecule is Cc1ccc(CC(Cl)c2ccc3c(c2)CCC3)cc1. The van der Waals surface area contributed by atoms with E-state index in [9.17, 15) is 0 Å². The molecule has 0 nitrogen and oxygen atoms in total. The van der Waals surface area contributed by atoms with Crippen LogP contribution in [0.15, 0.2) is 42.5 Å². The van der Waals surface area contributed by atoms with E-state index >= 15 is 0 Å². The highest BCUT2D eigenvalue weighted by atomic mass is 35.5. The molecule has 3 rings (SSSR count). The average molecular weight is 271 g/mol. The largest absolute Gasteiger partial charge is 0.117 e. The van der Waals surface area contributed by atoms with E-state index in [4.69, 9.17) is 11.6 Å². The Bertz CT molecular complexity index is 569. The first kappa shape index (κ1) is 12.7. The summed E-state index contributed by atoms with van der Waals surface area (Å²) in [5, 5.41) is 0.0774. The van der Waals surface area contributed by atoms with Gasteiger partial charge in [0, 0.05) is 0 Å². The third-order valence-corrected chi connectivity index (χ3v) is 4.43. The maximum absolute atomic E-state index is 6.58. The molecule has 0 saturated heterocycles. The lowest BCUT2D eigenvalue weighted by molar-refractivity contribution is 0.905. The summed E-state index contributed by atoms with van der Waals surface area (Å²) in [7, 11) is 0. The predicted octanol–water partition coefficient (Wildman–Crippen LogP) is 5.01. The van der Waals surface area contributed by atoms with Crippen LogP contribution in [0, 0.1) is 6.92 Å². The third-order valence-electron chi connectivity index (χ3n) is 4.02. The van der Waals surface area contributed by atoms with E-state index in [0.29, 0.717) is 0 Å². The van der Waals surface area contributed by atoms with Gasteiger partial charge in [0.05, 0.1) is 5.38 Å². The van der Waals surface area contributed by atoms with Gasteiger partial charge >= 0.3 is 0 Å². The highest BCUT2D eigenvalue weighted by Gasteiger charge is 2.14. The first-order valence-corrected chi connectivity index (χ1v) is 7.47. The Kier molecular flexibility index (Phi) is 3.61. The molecule has 0 heterocycles. The number of alkyl halides is 1. The molecule has 0 saturated carbocycles. The van der Waals surface area contributed by atoms with Crippen LogP contribution in [0.1, 0.15) is 39.6 Å². The van der Waals surface area contributed by atoms with Gasteiger partial charge in [-0.05, 0) is 54.9 Å². The summed E-state index contributed by atoms with van der Waals surface area (Å²) >= 11 is 6.58. The molecule has 0 amide bonds. The second kappa shape index (κ2) is 5.38. The van der Waals surface area contributed by atoms with Crippen LogP contribution in [0.25, 0.3) is 0 Å². The van der Waals surface area contributed by atoms with Crippen LogP contribution in [-0.2, 0) is 19.3 Å². The Labute approximate surface area is 120 Å². The van der Waals surface area contributed by atoms with Crippen molar-refractivity contribution in [3.05, 3.63) is 70.3 Å². The molecule has 0 aliphatic heterocycles. The zero-order valence-electron chi connectivity index (χ0n) is 11.3. The molecular formula is C18H19Cl. The Hall–Kier alpha value is -1.27. The zero-order chi connectivity index (χ0) is 13.2. The first-order chi connectivity index (χ1) is 9.22. The molecule has 1 aliphatic rings. The van der Waals surface area contributed by atoms with Gasteiger partial charge < -0.3 is 0 Å². The lowest BCUT2D eigenvalue weighted by Crippen LogP contribution is -1.97. The highest BCUT2D eigenvalue weighted by molar-refractivity contribution is 6.20. The van der Waals surface area contributed by atoms with E-state index in [0.717, 1.165) is 6.42 Å².